The first-order chi connectivity index (χ1) is 9.56. The summed E-state index contributed by atoms with van der Waals surface area (Å²) in [7, 11) is 1.70. The third kappa shape index (κ3) is 5.64. The molecule has 0 aromatic carbocycles. The number of nitrogens with zero attached hydrogens (tertiary/aromatic N) is 2. The van der Waals surface area contributed by atoms with E-state index in [1.54, 1.807) is 7.11 Å². The van der Waals surface area contributed by atoms with E-state index >= 15 is 0 Å². The summed E-state index contributed by atoms with van der Waals surface area (Å²) in [5.74, 6) is 0. The molecule has 0 amide bonds. The van der Waals surface area contributed by atoms with Gasteiger partial charge in [0.2, 0.25) is 0 Å². The van der Waals surface area contributed by atoms with Gasteiger partial charge in [-0.25, -0.2) is 0 Å². The summed E-state index contributed by atoms with van der Waals surface area (Å²) in [5.41, 5.74) is 1.90. The molecule has 1 aromatic heterocycles. The van der Waals surface area contributed by atoms with Crippen molar-refractivity contribution >= 4 is 28.9 Å². The van der Waals surface area contributed by atoms with Crippen molar-refractivity contribution in [2.75, 3.05) is 26.8 Å². The highest BCUT2D eigenvalue weighted by Gasteiger charge is 2.08. The first-order valence-corrected chi connectivity index (χ1v) is 7.55. The van der Waals surface area contributed by atoms with Crippen LogP contribution in [0.3, 0.4) is 0 Å². The molecule has 114 valence electrons. The fourth-order valence-corrected chi connectivity index (χ4v) is 2.14. The van der Waals surface area contributed by atoms with E-state index < -0.39 is 0 Å². The van der Waals surface area contributed by atoms with Crippen molar-refractivity contribution < 1.29 is 4.74 Å². The number of ether oxygens (including phenoxy) is 1. The molecule has 0 saturated carbocycles. The predicted molar refractivity (Wildman–Crippen MR) is 86.4 cm³/mol. The second-order valence-corrected chi connectivity index (χ2v) is 5.38. The highest BCUT2D eigenvalue weighted by molar-refractivity contribution is 7.80. The minimum Gasteiger partial charge on any atom is -0.385 e. The molecule has 0 unspecified atom stereocenters. The van der Waals surface area contributed by atoms with E-state index in [1.165, 1.54) is 0 Å². The molecule has 0 atom stereocenters. The standard InChI is InChI=1S/C13H23ClN4OS/c1-10-12(14)11(2)18(17-10)8-4-6-15-13(20)16-7-5-9-19-3/h4-9H2,1-3H3,(H2,15,16,20). The van der Waals surface area contributed by atoms with Gasteiger partial charge in [0.05, 0.1) is 16.4 Å². The Kier molecular flexibility index (Phi) is 7.87. The summed E-state index contributed by atoms with van der Waals surface area (Å²) in [5, 5.41) is 12.1. The van der Waals surface area contributed by atoms with Gasteiger partial charge in [-0.2, -0.15) is 5.10 Å². The van der Waals surface area contributed by atoms with Crippen molar-refractivity contribution in [1.29, 1.82) is 0 Å². The Morgan fingerprint density at radius 1 is 1.30 bits per heavy atom. The van der Waals surface area contributed by atoms with Crippen LogP contribution < -0.4 is 10.6 Å². The molecule has 0 aliphatic heterocycles. The van der Waals surface area contributed by atoms with Crippen molar-refractivity contribution in [2.45, 2.75) is 33.2 Å². The maximum absolute atomic E-state index is 6.10. The first kappa shape index (κ1) is 17.2. The molecule has 0 aliphatic carbocycles. The molecule has 0 radical (unpaired) electrons. The van der Waals surface area contributed by atoms with Gasteiger partial charge < -0.3 is 15.4 Å². The van der Waals surface area contributed by atoms with E-state index in [4.69, 9.17) is 28.6 Å². The Morgan fingerprint density at radius 3 is 2.50 bits per heavy atom. The maximum atomic E-state index is 6.10. The van der Waals surface area contributed by atoms with Gasteiger partial charge in [-0.3, -0.25) is 4.68 Å². The fourth-order valence-electron chi connectivity index (χ4n) is 1.80. The van der Waals surface area contributed by atoms with Crippen molar-refractivity contribution in [3.05, 3.63) is 16.4 Å². The zero-order valence-corrected chi connectivity index (χ0v) is 13.9. The van der Waals surface area contributed by atoms with E-state index in [0.717, 1.165) is 55.5 Å². The molecule has 1 heterocycles. The minimum absolute atomic E-state index is 0.688. The minimum atomic E-state index is 0.688. The number of rotatable bonds is 8. The van der Waals surface area contributed by atoms with Crippen LogP contribution in [-0.4, -0.2) is 41.7 Å². The quantitative estimate of drug-likeness (QED) is 0.567. The molecule has 0 bridgehead atoms. The molecule has 0 saturated heterocycles. The lowest BCUT2D eigenvalue weighted by Crippen LogP contribution is -2.36. The third-order valence-corrected chi connectivity index (χ3v) is 3.77. The zero-order valence-electron chi connectivity index (χ0n) is 12.3. The summed E-state index contributed by atoms with van der Waals surface area (Å²) in [6.07, 6.45) is 1.89. The molecule has 20 heavy (non-hydrogen) atoms. The van der Waals surface area contributed by atoms with Gasteiger partial charge in [-0.05, 0) is 38.9 Å². The number of nitrogens with one attached hydrogen (secondary N) is 2. The number of methoxy groups -OCH3 is 1. The topological polar surface area (TPSA) is 51.1 Å². The Labute approximate surface area is 131 Å². The monoisotopic (exact) mass is 318 g/mol. The summed E-state index contributed by atoms with van der Waals surface area (Å²) in [6.45, 7) is 7.12. The van der Waals surface area contributed by atoms with Crippen molar-refractivity contribution in [2.24, 2.45) is 0 Å². The summed E-state index contributed by atoms with van der Waals surface area (Å²) in [4.78, 5) is 0. The van der Waals surface area contributed by atoms with Crippen LogP contribution in [0.15, 0.2) is 0 Å². The molecular formula is C13H23ClN4OS. The van der Waals surface area contributed by atoms with Gasteiger partial charge in [0.1, 0.15) is 0 Å². The molecule has 0 spiro atoms. The second-order valence-electron chi connectivity index (χ2n) is 4.59. The van der Waals surface area contributed by atoms with E-state index in [2.05, 4.69) is 15.7 Å². The van der Waals surface area contributed by atoms with Crippen LogP contribution in [0.4, 0.5) is 0 Å². The normalized spacial score (nSPS) is 10.6. The number of aromatic nitrogens is 2. The number of aryl methyl sites for hydroxylation is 2. The van der Waals surface area contributed by atoms with Crippen LogP contribution in [0.1, 0.15) is 24.2 Å². The largest absolute Gasteiger partial charge is 0.385 e. The fraction of sp³-hybridized carbons (Fsp3) is 0.692. The summed E-state index contributed by atoms with van der Waals surface area (Å²) in [6, 6.07) is 0. The molecule has 2 N–H and O–H groups in total. The van der Waals surface area contributed by atoms with Crippen molar-refractivity contribution in [3.8, 4) is 0 Å². The van der Waals surface area contributed by atoms with Gasteiger partial charge in [0, 0.05) is 33.4 Å². The van der Waals surface area contributed by atoms with Gasteiger partial charge in [-0.1, -0.05) is 11.6 Å². The Morgan fingerprint density at radius 2 is 1.95 bits per heavy atom. The Balaban J connectivity index is 2.15. The first-order valence-electron chi connectivity index (χ1n) is 6.76. The van der Waals surface area contributed by atoms with Crippen LogP contribution in [0, 0.1) is 13.8 Å². The lowest BCUT2D eigenvalue weighted by Gasteiger charge is -2.10. The van der Waals surface area contributed by atoms with E-state index in [-0.39, 0.29) is 0 Å². The average Bonchev–Trinajstić information content (AvgIpc) is 2.67. The van der Waals surface area contributed by atoms with Crippen LogP contribution in [-0.2, 0) is 11.3 Å². The molecule has 1 aromatic rings. The molecule has 0 aliphatic rings. The molecule has 0 fully saturated rings. The van der Waals surface area contributed by atoms with Crippen LogP contribution in [0.2, 0.25) is 5.02 Å². The molecule has 7 heteroatoms. The SMILES string of the molecule is COCCCNC(=S)NCCCn1nc(C)c(Cl)c1C. The smallest absolute Gasteiger partial charge is 0.166 e. The highest BCUT2D eigenvalue weighted by atomic mass is 35.5. The second kappa shape index (κ2) is 9.15. The van der Waals surface area contributed by atoms with E-state index in [9.17, 15) is 0 Å². The Bertz CT molecular complexity index is 436. The lowest BCUT2D eigenvalue weighted by atomic mass is 10.4. The number of halogens is 1. The molecular weight excluding hydrogens is 296 g/mol. The van der Waals surface area contributed by atoms with Crippen LogP contribution >= 0.6 is 23.8 Å². The van der Waals surface area contributed by atoms with Crippen LogP contribution in [0.25, 0.3) is 0 Å². The predicted octanol–water partition coefficient (Wildman–Crippen LogP) is 2.04. The van der Waals surface area contributed by atoms with E-state index in [1.807, 2.05) is 18.5 Å². The number of hydrogen-bond donors (Lipinski definition) is 2. The van der Waals surface area contributed by atoms with E-state index in [0.29, 0.717) is 5.11 Å². The van der Waals surface area contributed by atoms with Gasteiger partial charge in [-0.15, -0.1) is 0 Å². The zero-order chi connectivity index (χ0) is 15.0. The Hall–Kier alpha value is -0.850. The highest BCUT2D eigenvalue weighted by Crippen LogP contribution is 2.18. The summed E-state index contributed by atoms with van der Waals surface area (Å²) < 4.78 is 6.91. The molecule has 1 rings (SSSR count). The van der Waals surface area contributed by atoms with Gasteiger partial charge in [0.15, 0.2) is 5.11 Å². The lowest BCUT2D eigenvalue weighted by molar-refractivity contribution is 0.195. The van der Waals surface area contributed by atoms with Crippen molar-refractivity contribution in [3.63, 3.8) is 0 Å². The summed E-state index contributed by atoms with van der Waals surface area (Å²) >= 11 is 11.3. The third-order valence-electron chi connectivity index (χ3n) is 2.94. The van der Waals surface area contributed by atoms with Gasteiger partial charge in [0.25, 0.3) is 0 Å². The number of hydrogen-bond acceptors (Lipinski definition) is 3. The maximum Gasteiger partial charge on any atom is 0.166 e. The molecule has 5 nitrogen and oxygen atoms in total. The average molecular weight is 319 g/mol. The van der Waals surface area contributed by atoms with Crippen molar-refractivity contribution in [1.82, 2.24) is 20.4 Å². The van der Waals surface area contributed by atoms with Gasteiger partial charge >= 0.3 is 0 Å². The van der Waals surface area contributed by atoms with Crippen LogP contribution in [0.5, 0.6) is 0 Å². The number of thiocarbonyl (C=S) groups is 1.